The average molecular weight is 467 g/mol. The lowest BCUT2D eigenvalue weighted by Crippen LogP contribution is -3.00. The van der Waals surface area contributed by atoms with Gasteiger partial charge >= 0.3 is 0 Å². The van der Waals surface area contributed by atoms with Gasteiger partial charge in [0.25, 0.3) is 5.91 Å². The van der Waals surface area contributed by atoms with E-state index in [1.54, 1.807) is 12.1 Å². The minimum absolute atomic E-state index is 0. The van der Waals surface area contributed by atoms with Crippen LogP contribution in [0, 0.1) is 11.7 Å². The third kappa shape index (κ3) is 6.43. The first kappa shape index (κ1) is 25.1. The molecule has 168 valence electrons. The molecule has 31 heavy (non-hydrogen) atoms. The molecule has 2 atom stereocenters. The Morgan fingerprint density at radius 2 is 1.71 bits per heavy atom. The summed E-state index contributed by atoms with van der Waals surface area (Å²) in [4.78, 5) is 15.7. The fourth-order valence-corrected chi connectivity index (χ4v) is 3.76. The van der Waals surface area contributed by atoms with E-state index in [0.717, 1.165) is 40.8 Å². The van der Waals surface area contributed by atoms with Crippen LogP contribution in [0.3, 0.4) is 0 Å². The highest BCUT2D eigenvalue weighted by molar-refractivity contribution is 5.98. The number of aromatic amines is 1. The Morgan fingerprint density at radius 3 is 2.39 bits per heavy atom. The van der Waals surface area contributed by atoms with Gasteiger partial charge in [0.1, 0.15) is 17.6 Å². The topological polar surface area (TPSA) is 100 Å². The third-order valence-corrected chi connectivity index (χ3v) is 5.83. The summed E-state index contributed by atoms with van der Waals surface area (Å²) in [5.41, 5.74) is 11.7. The number of carbonyl (C=O) groups is 1. The number of carbonyl (C=O) groups excluding carboxylic acids is 1. The molecule has 1 aromatic heterocycles. The minimum Gasteiger partial charge on any atom is -1.00 e. The Hall–Kier alpha value is -2.12. The molecule has 1 amide bonds. The van der Waals surface area contributed by atoms with Gasteiger partial charge in [-0.05, 0) is 48.2 Å². The number of benzene rings is 2. The lowest BCUT2D eigenvalue weighted by Gasteiger charge is -2.11. The molecule has 0 radical (unpaired) electrons. The van der Waals surface area contributed by atoms with Crippen LogP contribution in [-0.4, -0.2) is 29.5 Å². The summed E-state index contributed by atoms with van der Waals surface area (Å²) in [5.74, 6) is 0.435. The van der Waals surface area contributed by atoms with Gasteiger partial charge < -0.3 is 46.6 Å². The third-order valence-electron chi connectivity index (χ3n) is 5.83. The quantitative estimate of drug-likeness (QED) is 0.268. The molecule has 5 nitrogen and oxygen atoms in total. The molecule has 1 fully saturated rings. The fourth-order valence-electron chi connectivity index (χ4n) is 3.76. The van der Waals surface area contributed by atoms with Crippen molar-refractivity contribution in [3.8, 4) is 11.1 Å². The highest BCUT2D eigenvalue weighted by atomic mass is 35.5. The number of nitrogens with one attached hydrogen (secondary N) is 2. The molecule has 1 unspecified atom stereocenters. The molecular formula is C23H29Cl2FN4O. The van der Waals surface area contributed by atoms with Gasteiger partial charge in [0.2, 0.25) is 0 Å². The Bertz CT molecular complexity index is 1000. The van der Waals surface area contributed by atoms with Crippen LogP contribution < -0.4 is 41.6 Å². The van der Waals surface area contributed by atoms with E-state index >= 15 is 0 Å². The normalized spacial score (nSPS) is 14.9. The second-order valence-electron chi connectivity index (χ2n) is 8.24. The molecular weight excluding hydrogens is 438 g/mol. The zero-order valence-electron chi connectivity index (χ0n) is 17.3. The van der Waals surface area contributed by atoms with Gasteiger partial charge in [-0.25, -0.2) is 4.39 Å². The molecule has 8 N–H and O–H groups in total. The maximum absolute atomic E-state index is 13.1. The molecule has 1 saturated carbocycles. The van der Waals surface area contributed by atoms with Crippen LogP contribution in [0.1, 0.15) is 36.2 Å². The Kier molecular flexibility index (Phi) is 8.89. The van der Waals surface area contributed by atoms with E-state index in [-0.39, 0.29) is 42.6 Å². The van der Waals surface area contributed by atoms with Gasteiger partial charge in [-0.15, -0.1) is 0 Å². The van der Waals surface area contributed by atoms with Crippen LogP contribution in [0.25, 0.3) is 22.0 Å². The van der Waals surface area contributed by atoms with Crippen LogP contribution in [0.15, 0.2) is 48.5 Å². The van der Waals surface area contributed by atoms with Crippen molar-refractivity contribution in [2.24, 2.45) is 5.92 Å². The SMILES string of the molecule is [Cl-].[Cl-].[NH3+]C(CC[C@H]([NH3+])CNC(=O)c1cc2ccc(-c3ccc(F)cc3)cc2[nH]1)C1CC1. The molecule has 0 bridgehead atoms. The van der Waals surface area contributed by atoms with Crippen LogP contribution >= 0.6 is 0 Å². The summed E-state index contributed by atoms with van der Waals surface area (Å²) in [6.45, 7) is 0.562. The first-order chi connectivity index (χ1) is 14.0. The zero-order chi connectivity index (χ0) is 20.4. The van der Waals surface area contributed by atoms with Crippen LogP contribution in [-0.2, 0) is 0 Å². The standard InChI is InChI=1S/C23H27FN4O.2ClH/c24-18-7-5-14(6-8-18)16-3-4-17-12-22(28-21(17)11-16)23(29)27-13-19(25)9-10-20(26)15-1-2-15;;/h3-8,11-12,15,19-20,28H,1-2,9-10,13,25-26H2,(H,27,29);2*1H/t19-,20?;;/m0../s1. The molecule has 1 heterocycles. The molecule has 4 rings (SSSR count). The summed E-state index contributed by atoms with van der Waals surface area (Å²) in [7, 11) is 0. The van der Waals surface area contributed by atoms with Crippen molar-refractivity contribution >= 4 is 16.8 Å². The maximum Gasteiger partial charge on any atom is 0.267 e. The van der Waals surface area contributed by atoms with Crippen molar-refractivity contribution in [2.45, 2.75) is 37.8 Å². The van der Waals surface area contributed by atoms with Crippen molar-refractivity contribution in [3.63, 3.8) is 0 Å². The monoisotopic (exact) mass is 466 g/mol. The predicted molar refractivity (Wildman–Crippen MR) is 111 cm³/mol. The number of amides is 1. The summed E-state index contributed by atoms with van der Waals surface area (Å²) in [6.07, 6.45) is 4.69. The minimum atomic E-state index is -0.254. The first-order valence-corrected chi connectivity index (χ1v) is 10.3. The second kappa shape index (κ2) is 11.0. The highest BCUT2D eigenvalue weighted by Crippen LogP contribution is 2.32. The predicted octanol–water partition coefficient (Wildman–Crippen LogP) is -3.88. The van der Waals surface area contributed by atoms with Gasteiger partial charge in [-0.2, -0.15) is 0 Å². The van der Waals surface area contributed by atoms with E-state index in [1.807, 2.05) is 24.3 Å². The number of rotatable bonds is 8. The summed E-state index contributed by atoms with van der Waals surface area (Å²) in [6, 6.07) is 14.9. The van der Waals surface area contributed by atoms with Crippen molar-refractivity contribution in [1.82, 2.24) is 10.3 Å². The van der Waals surface area contributed by atoms with E-state index in [2.05, 4.69) is 21.8 Å². The van der Waals surface area contributed by atoms with E-state index in [1.165, 1.54) is 25.0 Å². The smallest absolute Gasteiger partial charge is 0.267 e. The van der Waals surface area contributed by atoms with Crippen LogP contribution in [0.5, 0.6) is 0 Å². The number of H-pyrrole nitrogens is 1. The van der Waals surface area contributed by atoms with Gasteiger partial charge in [-0.1, -0.05) is 24.3 Å². The molecule has 0 saturated heterocycles. The summed E-state index contributed by atoms with van der Waals surface area (Å²) >= 11 is 0. The van der Waals surface area contributed by atoms with Gasteiger partial charge in [0.15, 0.2) is 0 Å². The molecule has 2 aromatic carbocycles. The largest absolute Gasteiger partial charge is 1.00 e. The zero-order valence-corrected chi connectivity index (χ0v) is 18.9. The molecule has 1 aliphatic carbocycles. The van der Waals surface area contributed by atoms with Crippen molar-refractivity contribution in [1.29, 1.82) is 0 Å². The lowest BCUT2D eigenvalue weighted by atomic mass is 10.0. The lowest BCUT2D eigenvalue weighted by molar-refractivity contribution is -0.442. The Balaban J connectivity index is 0.00000171. The van der Waals surface area contributed by atoms with Crippen molar-refractivity contribution < 1.29 is 45.5 Å². The number of aromatic nitrogens is 1. The average Bonchev–Trinajstić information content (AvgIpc) is 3.49. The second-order valence-corrected chi connectivity index (χ2v) is 8.24. The summed E-state index contributed by atoms with van der Waals surface area (Å²) in [5, 5.41) is 3.96. The molecule has 0 aliphatic heterocycles. The highest BCUT2D eigenvalue weighted by Gasteiger charge is 2.31. The molecule has 8 heteroatoms. The van der Waals surface area contributed by atoms with Gasteiger partial charge in [-0.3, -0.25) is 4.79 Å². The Morgan fingerprint density at radius 1 is 1.03 bits per heavy atom. The van der Waals surface area contributed by atoms with E-state index in [0.29, 0.717) is 18.3 Å². The fraction of sp³-hybridized carbons (Fsp3) is 0.348. The summed E-state index contributed by atoms with van der Waals surface area (Å²) < 4.78 is 13.1. The number of quaternary nitrogens is 2. The van der Waals surface area contributed by atoms with E-state index < -0.39 is 0 Å². The van der Waals surface area contributed by atoms with Gasteiger partial charge in [0.05, 0.1) is 12.6 Å². The number of fused-ring (bicyclic) bond motifs is 1. The number of hydrogen-bond donors (Lipinski definition) is 4. The maximum atomic E-state index is 13.1. The first-order valence-electron chi connectivity index (χ1n) is 10.3. The van der Waals surface area contributed by atoms with Crippen LogP contribution in [0.4, 0.5) is 4.39 Å². The van der Waals surface area contributed by atoms with Crippen molar-refractivity contribution in [2.75, 3.05) is 6.54 Å². The molecule has 1 aliphatic rings. The van der Waals surface area contributed by atoms with Gasteiger partial charge in [0, 0.05) is 29.7 Å². The van der Waals surface area contributed by atoms with E-state index in [4.69, 9.17) is 0 Å². The van der Waals surface area contributed by atoms with Crippen LogP contribution in [0.2, 0.25) is 0 Å². The van der Waals surface area contributed by atoms with E-state index in [9.17, 15) is 9.18 Å². The number of hydrogen-bond acceptors (Lipinski definition) is 1. The Labute approximate surface area is 194 Å². The molecule has 3 aromatic rings. The number of halogens is 3. The molecule has 0 spiro atoms. The van der Waals surface area contributed by atoms with Crippen molar-refractivity contribution in [3.05, 3.63) is 60.0 Å².